The number of aliphatic hydroxyl groups is 1. The zero-order valence-corrected chi connectivity index (χ0v) is 11.0. The van der Waals surface area contributed by atoms with Gasteiger partial charge in [0.15, 0.2) is 0 Å². The Kier molecular flexibility index (Phi) is 3.96. The van der Waals surface area contributed by atoms with E-state index < -0.39 is 17.7 Å². The Morgan fingerprint density at radius 3 is 2.63 bits per heavy atom. The molecule has 0 aromatic carbocycles. The molecule has 108 valence electrons. The predicted molar refractivity (Wildman–Crippen MR) is 65.8 cm³/mol. The van der Waals surface area contributed by atoms with Crippen molar-refractivity contribution in [2.45, 2.75) is 31.5 Å². The largest absolute Gasteiger partial charge is 0.480 e. The summed E-state index contributed by atoms with van der Waals surface area (Å²) in [5.41, 5.74) is -0.567. The van der Waals surface area contributed by atoms with Gasteiger partial charge in [0.1, 0.15) is 12.2 Å². The van der Waals surface area contributed by atoms with E-state index in [4.69, 9.17) is 9.84 Å². The third kappa shape index (κ3) is 3.36. The molecule has 0 saturated carbocycles. The number of piperidine rings is 1. The van der Waals surface area contributed by atoms with Crippen LogP contribution in [0.5, 0.6) is 0 Å². The summed E-state index contributed by atoms with van der Waals surface area (Å²) in [7, 11) is 0. The van der Waals surface area contributed by atoms with Gasteiger partial charge in [-0.3, -0.25) is 0 Å². The molecule has 0 bridgehead atoms. The van der Waals surface area contributed by atoms with Gasteiger partial charge in [-0.25, -0.2) is 9.59 Å². The Morgan fingerprint density at radius 1 is 1.37 bits per heavy atom. The first kappa shape index (κ1) is 14.1. The number of carboxylic acid groups (broad SMARTS) is 1. The van der Waals surface area contributed by atoms with Crippen LogP contribution in [0.25, 0.3) is 0 Å². The number of amides is 2. The molecule has 2 aliphatic heterocycles. The number of aliphatic hydroxyl groups excluding tert-OH is 1. The summed E-state index contributed by atoms with van der Waals surface area (Å²) in [5, 5.41) is 18.1. The number of likely N-dealkylation sites (tertiary alicyclic amines) is 2. The number of carbonyl (C=O) groups is 2. The summed E-state index contributed by atoms with van der Waals surface area (Å²) in [6.45, 7) is 3.28. The summed E-state index contributed by atoms with van der Waals surface area (Å²) in [4.78, 5) is 25.8. The molecule has 2 N–H and O–H groups in total. The molecular formula is C12H20N2O5. The molecule has 0 aliphatic carbocycles. The molecule has 2 saturated heterocycles. The van der Waals surface area contributed by atoms with E-state index in [0.29, 0.717) is 26.2 Å². The molecule has 2 rings (SSSR count). The highest BCUT2D eigenvalue weighted by atomic mass is 16.5. The van der Waals surface area contributed by atoms with Gasteiger partial charge < -0.3 is 24.7 Å². The molecule has 2 heterocycles. The van der Waals surface area contributed by atoms with Crippen LogP contribution in [0.4, 0.5) is 4.79 Å². The highest BCUT2D eigenvalue weighted by molar-refractivity contribution is 5.76. The number of hydrogen-bond donors (Lipinski definition) is 2. The van der Waals surface area contributed by atoms with Crippen LogP contribution in [0.1, 0.15) is 19.8 Å². The number of carboxylic acids is 1. The minimum Gasteiger partial charge on any atom is -0.480 e. The van der Waals surface area contributed by atoms with Gasteiger partial charge in [-0.15, -0.1) is 0 Å². The fourth-order valence-corrected chi connectivity index (χ4v) is 2.55. The lowest BCUT2D eigenvalue weighted by molar-refractivity contribution is -0.160. The standard InChI is InChI=1S/C12H20N2O5/c1-12(19-6-10(16)17)7-14(8-12)11(18)13-4-2-3-9(15)5-13/h9,15H,2-8H2,1H3,(H,16,17). The molecule has 0 aromatic rings. The summed E-state index contributed by atoms with van der Waals surface area (Å²) in [6, 6.07) is -0.102. The smallest absolute Gasteiger partial charge is 0.329 e. The minimum absolute atomic E-state index is 0.102. The van der Waals surface area contributed by atoms with Crippen LogP contribution in [0, 0.1) is 0 Å². The topological polar surface area (TPSA) is 90.3 Å². The normalized spacial score (nSPS) is 25.9. The molecule has 1 atom stereocenters. The quantitative estimate of drug-likeness (QED) is 0.738. The average Bonchev–Trinajstić information content (AvgIpc) is 2.32. The second-order valence-corrected chi connectivity index (χ2v) is 5.51. The Hall–Kier alpha value is -1.34. The zero-order chi connectivity index (χ0) is 14.0. The van der Waals surface area contributed by atoms with Crippen LogP contribution in [-0.4, -0.2) is 76.5 Å². The van der Waals surface area contributed by atoms with Crippen molar-refractivity contribution in [3.63, 3.8) is 0 Å². The maximum atomic E-state index is 12.1. The van der Waals surface area contributed by atoms with Crippen molar-refractivity contribution in [2.24, 2.45) is 0 Å². The molecule has 2 fully saturated rings. The summed E-state index contributed by atoms with van der Waals surface area (Å²) >= 11 is 0. The number of nitrogens with zero attached hydrogens (tertiary/aromatic N) is 2. The van der Waals surface area contributed by atoms with Gasteiger partial charge >= 0.3 is 12.0 Å². The van der Waals surface area contributed by atoms with Gasteiger partial charge in [0, 0.05) is 13.1 Å². The van der Waals surface area contributed by atoms with Gasteiger partial charge in [0.05, 0.1) is 19.2 Å². The zero-order valence-electron chi connectivity index (χ0n) is 11.0. The first-order valence-electron chi connectivity index (χ1n) is 6.47. The number of aliphatic carboxylic acids is 1. The maximum Gasteiger partial charge on any atom is 0.329 e. The van der Waals surface area contributed by atoms with E-state index in [2.05, 4.69) is 0 Å². The maximum absolute atomic E-state index is 12.1. The SMILES string of the molecule is CC1(OCC(=O)O)CN(C(=O)N2CCCC(O)C2)C1. The summed E-state index contributed by atoms with van der Waals surface area (Å²) < 4.78 is 5.25. The Balaban J connectivity index is 1.79. The van der Waals surface area contributed by atoms with E-state index >= 15 is 0 Å². The molecule has 0 radical (unpaired) electrons. The second-order valence-electron chi connectivity index (χ2n) is 5.51. The fourth-order valence-electron chi connectivity index (χ4n) is 2.55. The number of rotatable bonds is 3. The third-order valence-corrected chi connectivity index (χ3v) is 3.53. The second kappa shape index (κ2) is 5.34. The van der Waals surface area contributed by atoms with Crippen molar-refractivity contribution < 1.29 is 24.5 Å². The minimum atomic E-state index is -1.01. The van der Waals surface area contributed by atoms with E-state index in [1.54, 1.807) is 16.7 Å². The van der Waals surface area contributed by atoms with E-state index in [9.17, 15) is 14.7 Å². The molecular weight excluding hydrogens is 252 g/mol. The van der Waals surface area contributed by atoms with Crippen LogP contribution in [-0.2, 0) is 9.53 Å². The number of carbonyl (C=O) groups excluding carboxylic acids is 1. The van der Waals surface area contributed by atoms with E-state index in [0.717, 1.165) is 12.8 Å². The molecule has 19 heavy (non-hydrogen) atoms. The molecule has 7 nitrogen and oxygen atoms in total. The lowest BCUT2D eigenvalue weighted by atomic mass is 9.96. The van der Waals surface area contributed by atoms with Crippen molar-refractivity contribution >= 4 is 12.0 Å². The van der Waals surface area contributed by atoms with Crippen molar-refractivity contribution in [1.29, 1.82) is 0 Å². The number of ether oxygens (including phenoxy) is 1. The van der Waals surface area contributed by atoms with Crippen molar-refractivity contribution in [2.75, 3.05) is 32.8 Å². The Labute approximate surface area is 111 Å². The third-order valence-electron chi connectivity index (χ3n) is 3.53. The molecule has 0 spiro atoms. The molecule has 1 unspecified atom stereocenters. The highest BCUT2D eigenvalue weighted by Gasteiger charge is 2.44. The first-order valence-corrected chi connectivity index (χ1v) is 6.47. The van der Waals surface area contributed by atoms with Gasteiger partial charge in [-0.1, -0.05) is 0 Å². The number of β-amino-alcohol motifs (C(OH)–C–C–N with tert-alkyl or cyclic N) is 1. The molecule has 0 aromatic heterocycles. The fraction of sp³-hybridized carbons (Fsp3) is 0.833. The summed E-state index contributed by atoms with van der Waals surface area (Å²) in [6.07, 6.45) is 1.12. The monoisotopic (exact) mass is 272 g/mol. The van der Waals surface area contributed by atoms with E-state index in [1.807, 2.05) is 0 Å². The number of urea groups is 1. The molecule has 2 amide bonds. The lowest BCUT2D eigenvalue weighted by Gasteiger charge is -2.49. The van der Waals surface area contributed by atoms with Crippen molar-refractivity contribution in [3.05, 3.63) is 0 Å². The van der Waals surface area contributed by atoms with Crippen molar-refractivity contribution in [3.8, 4) is 0 Å². The highest BCUT2D eigenvalue weighted by Crippen LogP contribution is 2.26. The van der Waals surface area contributed by atoms with Gasteiger partial charge in [0.25, 0.3) is 0 Å². The van der Waals surface area contributed by atoms with Crippen molar-refractivity contribution in [1.82, 2.24) is 9.80 Å². The van der Waals surface area contributed by atoms with E-state index in [1.165, 1.54) is 0 Å². The van der Waals surface area contributed by atoms with Crippen LogP contribution in [0.2, 0.25) is 0 Å². The van der Waals surface area contributed by atoms with Gasteiger partial charge in [0.2, 0.25) is 0 Å². The Morgan fingerprint density at radius 2 is 2.05 bits per heavy atom. The molecule has 2 aliphatic rings. The Bertz CT molecular complexity index is 367. The summed E-state index contributed by atoms with van der Waals surface area (Å²) in [5.74, 6) is -1.01. The van der Waals surface area contributed by atoms with Gasteiger partial charge in [-0.05, 0) is 19.8 Å². The average molecular weight is 272 g/mol. The predicted octanol–water partition coefficient (Wildman–Crippen LogP) is -0.261. The van der Waals surface area contributed by atoms with Crippen LogP contribution >= 0.6 is 0 Å². The lowest BCUT2D eigenvalue weighted by Crippen LogP contribution is -2.66. The van der Waals surface area contributed by atoms with E-state index in [-0.39, 0.29) is 12.6 Å². The van der Waals surface area contributed by atoms with Gasteiger partial charge in [-0.2, -0.15) is 0 Å². The first-order chi connectivity index (χ1) is 8.89. The van der Waals surface area contributed by atoms with Crippen LogP contribution in [0.15, 0.2) is 0 Å². The van der Waals surface area contributed by atoms with Crippen LogP contribution < -0.4 is 0 Å². The number of hydrogen-bond acceptors (Lipinski definition) is 4. The van der Waals surface area contributed by atoms with Crippen LogP contribution in [0.3, 0.4) is 0 Å². The molecule has 7 heteroatoms.